The highest BCUT2D eigenvalue weighted by Crippen LogP contribution is 2.32. The van der Waals surface area contributed by atoms with Gasteiger partial charge in [-0.25, -0.2) is 4.79 Å². The number of aromatic nitrogens is 2. The molecule has 0 saturated carbocycles. The molecular weight excluding hydrogens is 509 g/mol. The largest absolute Gasteiger partial charge is 0.423 e. The van der Waals surface area contributed by atoms with Gasteiger partial charge < -0.3 is 18.9 Å². The molecule has 0 aliphatic carbocycles. The van der Waals surface area contributed by atoms with Crippen LogP contribution in [0.1, 0.15) is 56.3 Å². The fourth-order valence-electron chi connectivity index (χ4n) is 3.98. The van der Waals surface area contributed by atoms with Gasteiger partial charge in [0, 0.05) is 18.2 Å². The van der Waals surface area contributed by atoms with Crippen molar-refractivity contribution in [2.24, 2.45) is 0 Å². The van der Waals surface area contributed by atoms with Gasteiger partial charge in [0.1, 0.15) is 24.5 Å². The van der Waals surface area contributed by atoms with Gasteiger partial charge in [0.25, 0.3) is 11.5 Å². The molecule has 1 unspecified atom stereocenters. The lowest BCUT2D eigenvalue weighted by Gasteiger charge is -2.26. The summed E-state index contributed by atoms with van der Waals surface area (Å²) in [4.78, 5) is 38.9. The first-order valence-corrected chi connectivity index (χ1v) is 11.8. The smallest absolute Gasteiger partial charge is 0.363 e. The van der Waals surface area contributed by atoms with Crippen molar-refractivity contribution >= 4 is 5.91 Å². The standard InChI is InChI=1S/C26H29F3N2O7/c1-6-12-35-19-13-21(37-20(19)15-36-16(2)38-25(3,4)5)30-14-18(26(27,28)29)23(33)31(24(30)34)22(32)17-10-8-7-9-11-17/h1,7-11,14,16,19-21H,12-13,15H2,2-5H3/t16?,19-,20+,21+/m0/s1. The molecule has 12 heteroatoms. The fourth-order valence-corrected chi connectivity index (χ4v) is 3.98. The second kappa shape index (κ2) is 11.7. The van der Waals surface area contributed by atoms with Gasteiger partial charge in [-0.2, -0.15) is 17.7 Å². The summed E-state index contributed by atoms with van der Waals surface area (Å²) in [6.07, 6.45) is -3.17. The monoisotopic (exact) mass is 538 g/mol. The van der Waals surface area contributed by atoms with Gasteiger partial charge in [0.2, 0.25) is 0 Å². The maximum atomic E-state index is 13.8. The first-order valence-electron chi connectivity index (χ1n) is 11.8. The Bertz CT molecular complexity index is 1290. The lowest BCUT2D eigenvalue weighted by molar-refractivity contribution is -0.203. The molecule has 0 bridgehead atoms. The molecule has 0 radical (unpaired) electrons. The van der Waals surface area contributed by atoms with Gasteiger partial charge in [0.05, 0.1) is 18.3 Å². The number of terminal acetylenes is 1. The number of carbonyl (C=O) groups excluding carboxylic acids is 1. The molecule has 0 spiro atoms. The van der Waals surface area contributed by atoms with Crippen LogP contribution in [0.3, 0.4) is 0 Å². The van der Waals surface area contributed by atoms with Gasteiger partial charge in [0.15, 0.2) is 6.29 Å². The van der Waals surface area contributed by atoms with Crippen molar-refractivity contribution in [3.63, 3.8) is 0 Å². The molecule has 1 aromatic carbocycles. The Kier molecular flexibility index (Phi) is 8.99. The van der Waals surface area contributed by atoms with Crippen LogP contribution in [0.15, 0.2) is 46.1 Å². The lowest BCUT2D eigenvalue weighted by Crippen LogP contribution is -2.47. The zero-order valence-corrected chi connectivity index (χ0v) is 21.4. The van der Waals surface area contributed by atoms with Crippen LogP contribution in [-0.2, 0) is 25.1 Å². The summed E-state index contributed by atoms with van der Waals surface area (Å²) in [5.41, 5.74) is -5.41. The van der Waals surface area contributed by atoms with E-state index < -0.39 is 59.2 Å². The molecule has 38 heavy (non-hydrogen) atoms. The Labute approximate surface area is 217 Å². The van der Waals surface area contributed by atoms with Crippen LogP contribution in [0.4, 0.5) is 13.2 Å². The van der Waals surface area contributed by atoms with E-state index in [0.717, 1.165) is 0 Å². The van der Waals surface area contributed by atoms with E-state index in [4.69, 9.17) is 25.4 Å². The Balaban J connectivity index is 2.00. The molecule has 1 saturated heterocycles. The normalized spacial score (nSPS) is 20.7. The Morgan fingerprint density at radius 2 is 1.87 bits per heavy atom. The van der Waals surface area contributed by atoms with Crippen molar-refractivity contribution in [3.8, 4) is 12.3 Å². The summed E-state index contributed by atoms with van der Waals surface area (Å²) in [5, 5.41) is 0. The van der Waals surface area contributed by atoms with Gasteiger partial charge in [-0.3, -0.25) is 14.2 Å². The highest BCUT2D eigenvalue weighted by Gasteiger charge is 2.42. The molecule has 2 heterocycles. The highest BCUT2D eigenvalue weighted by atomic mass is 19.4. The molecule has 2 aromatic rings. The minimum atomic E-state index is -5.15. The van der Waals surface area contributed by atoms with Gasteiger partial charge in [-0.1, -0.05) is 24.1 Å². The van der Waals surface area contributed by atoms with Crippen LogP contribution < -0.4 is 11.2 Å². The number of nitrogens with zero attached hydrogens (tertiary/aromatic N) is 2. The van der Waals surface area contributed by atoms with Crippen molar-refractivity contribution < 1.29 is 36.9 Å². The quantitative estimate of drug-likeness (QED) is 0.376. The van der Waals surface area contributed by atoms with Crippen molar-refractivity contribution in [2.75, 3.05) is 13.2 Å². The first-order chi connectivity index (χ1) is 17.7. The van der Waals surface area contributed by atoms with Gasteiger partial charge in [-0.15, -0.1) is 6.42 Å². The Morgan fingerprint density at radius 1 is 1.21 bits per heavy atom. The van der Waals surface area contributed by atoms with E-state index in [0.29, 0.717) is 10.8 Å². The number of alkyl halides is 3. The Morgan fingerprint density at radius 3 is 2.45 bits per heavy atom. The van der Waals surface area contributed by atoms with Crippen molar-refractivity contribution in [1.29, 1.82) is 0 Å². The number of carbonyl (C=O) groups is 1. The van der Waals surface area contributed by atoms with E-state index in [2.05, 4.69) is 5.92 Å². The zero-order valence-electron chi connectivity index (χ0n) is 21.4. The summed E-state index contributed by atoms with van der Waals surface area (Å²) < 4.78 is 64.8. The Hall–Kier alpha value is -3.24. The number of rotatable bonds is 8. The molecule has 0 amide bonds. The summed E-state index contributed by atoms with van der Waals surface area (Å²) in [6.45, 7) is 6.96. The maximum Gasteiger partial charge on any atom is 0.423 e. The fraction of sp³-hybridized carbons (Fsp3) is 0.500. The van der Waals surface area contributed by atoms with Crippen LogP contribution in [-0.4, -0.2) is 52.4 Å². The second-order valence-corrected chi connectivity index (χ2v) is 9.59. The van der Waals surface area contributed by atoms with Crippen LogP contribution >= 0.6 is 0 Å². The molecule has 0 N–H and O–H groups in total. The molecular formula is C26H29F3N2O7. The number of halogens is 3. The number of benzene rings is 1. The minimum absolute atomic E-state index is 0.0398. The molecule has 9 nitrogen and oxygen atoms in total. The predicted octanol–water partition coefficient (Wildman–Crippen LogP) is 3.20. The lowest BCUT2D eigenvalue weighted by atomic mass is 10.2. The van der Waals surface area contributed by atoms with E-state index in [-0.39, 0.29) is 29.8 Å². The summed E-state index contributed by atoms with van der Waals surface area (Å²) in [5.74, 6) is 1.10. The van der Waals surface area contributed by atoms with Crippen LogP contribution in [0.25, 0.3) is 0 Å². The van der Waals surface area contributed by atoms with Crippen molar-refractivity contribution in [1.82, 2.24) is 9.13 Å². The van der Waals surface area contributed by atoms with E-state index in [1.54, 1.807) is 13.0 Å². The molecule has 1 aromatic heterocycles. The molecule has 206 valence electrons. The summed E-state index contributed by atoms with van der Waals surface area (Å²) in [7, 11) is 0. The second-order valence-electron chi connectivity index (χ2n) is 9.59. The van der Waals surface area contributed by atoms with Crippen LogP contribution in [0.5, 0.6) is 0 Å². The van der Waals surface area contributed by atoms with Crippen LogP contribution in [0.2, 0.25) is 0 Å². The van der Waals surface area contributed by atoms with E-state index in [1.165, 1.54) is 24.3 Å². The number of hydrogen-bond donors (Lipinski definition) is 0. The molecule has 1 aliphatic rings. The topological polar surface area (TPSA) is 98.0 Å². The van der Waals surface area contributed by atoms with Gasteiger partial charge in [-0.05, 0) is 39.8 Å². The van der Waals surface area contributed by atoms with E-state index in [1.807, 2.05) is 20.8 Å². The zero-order chi connectivity index (χ0) is 28.3. The SMILES string of the molecule is C#CCO[C@H]1C[C@H](n2cc(C(F)(F)F)c(=O)n(C(=O)c3ccccc3)c2=O)O[C@@H]1COC(C)OC(C)(C)C. The first kappa shape index (κ1) is 29.3. The maximum absolute atomic E-state index is 13.8. The van der Waals surface area contributed by atoms with Crippen molar-refractivity contribution in [3.05, 3.63) is 68.5 Å². The molecule has 1 aliphatic heterocycles. The average Bonchev–Trinajstić information content (AvgIpc) is 3.22. The van der Waals surface area contributed by atoms with E-state index >= 15 is 0 Å². The van der Waals surface area contributed by atoms with Crippen LogP contribution in [0, 0.1) is 12.3 Å². The van der Waals surface area contributed by atoms with Crippen molar-refractivity contribution in [2.45, 2.75) is 70.6 Å². The predicted molar refractivity (Wildman–Crippen MR) is 129 cm³/mol. The number of hydrogen-bond acceptors (Lipinski definition) is 7. The average molecular weight is 539 g/mol. The summed E-state index contributed by atoms with van der Waals surface area (Å²) >= 11 is 0. The van der Waals surface area contributed by atoms with Gasteiger partial charge >= 0.3 is 11.9 Å². The minimum Gasteiger partial charge on any atom is -0.363 e. The number of ether oxygens (including phenoxy) is 4. The third-order valence-corrected chi connectivity index (χ3v) is 5.53. The third-order valence-electron chi connectivity index (χ3n) is 5.53. The third kappa shape index (κ3) is 6.99. The summed E-state index contributed by atoms with van der Waals surface area (Å²) in [6, 6.07) is 7.04. The molecule has 4 atom stereocenters. The molecule has 3 rings (SSSR count). The highest BCUT2D eigenvalue weighted by molar-refractivity contribution is 5.95. The molecule has 1 fully saturated rings. The van der Waals surface area contributed by atoms with E-state index in [9.17, 15) is 27.6 Å².